The van der Waals surface area contributed by atoms with Crippen molar-refractivity contribution in [3.8, 4) is 0 Å². The van der Waals surface area contributed by atoms with Gasteiger partial charge in [0.05, 0.1) is 10.6 Å². The average molecular weight is 352 g/mol. The van der Waals surface area contributed by atoms with Crippen molar-refractivity contribution in [2.75, 3.05) is 5.32 Å². The van der Waals surface area contributed by atoms with E-state index in [1.165, 1.54) is 19.3 Å². The Morgan fingerprint density at radius 1 is 1.42 bits per heavy atom. The highest BCUT2D eigenvalue weighted by Gasteiger charge is 2.22. The number of hydrogen-bond acceptors (Lipinski definition) is 6. The molecule has 1 aromatic carbocycles. The predicted octanol–water partition coefficient (Wildman–Crippen LogP) is 1.31. The number of nitrogens with two attached hydrogens (primary N) is 1. The van der Waals surface area contributed by atoms with Gasteiger partial charge in [0, 0.05) is 6.42 Å². The molecule has 0 saturated heterocycles. The number of hydrogen-bond donors (Lipinski definition) is 3. The second kappa shape index (κ2) is 7.55. The summed E-state index contributed by atoms with van der Waals surface area (Å²) in [5.41, 5.74) is 5.39. The molecule has 1 heterocycles. The van der Waals surface area contributed by atoms with Crippen LogP contribution in [0.25, 0.3) is 0 Å². The maximum absolute atomic E-state index is 12.4. The number of ketones is 1. The normalized spacial score (nSPS) is 11.6. The fourth-order valence-electron chi connectivity index (χ4n) is 1.98. The zero-order valence-electron chi connectivity index (χ0n) is 12.6. The highest BCUT2D eigenvalue weighted by atomic mass is 35.5. The van der Waals surface area contributed by atoms with Crippen LogP contribution in [-0.2, 0) is 16.0 Å². The topological polar surface area (TPSA) is 140 Å². The lowest BCUT2D eigenvalue weighted by atomic mass is 10.00. The highest BCUT2D eigenvalue weighted by molar-refractivity contribution is 6.34. The Hall–Kier alpha value is -2.94. The number of aromatic amines is 1. The highest BCUT2D eigenvalue weighted by Crippen LogP contribution is 2.22. The molecular weight excluding hydrogens is 338 g/mol. The maximum Gasteiger partial charge on any atom is 0.405 e. The first kappa shape index (κ1) is 17.4. The van der Waals surface area contributed by atoms with Crippen LogP contribution in [-0.4, -0.2) is 39.1 Å². The number of carbonyl (C=O) groups is 3. The summed E-state index contributed by atoms with van der Waals surface area (Å²) >= 11 is 6.09. The van der Waals surface area contributed by atoms with Crippen molar-refractivity contribution in [3.63, 3.8) is 0 Å². The molecule has 0 bridgehead atoms. The minimum absolute atomic E-state index is 0.121. The van der Waals surface area contributed by atoms with Crippen molar-refractivity contribution >= 4 is 35.3 Å². The smallest absolute Gasteiger partial charge is 0.405 e. The first-order valence-corrected chi connectivity index (χ1v) is 7.19. The Morgan fingerprint density at radius 3 is 2.79 bits per heavy atom. The fourth-order valence-corrected chi connectivity index (χ4v) is 2.26. The van der Waals surface area contributed by atoms with Gasteiger partial charge in [-0.05, 0) is 18.6 Å². The number of benzene rings is 1. The number of carbonyl (C=O) groups excluding carboxylic acids is 3. The van der Waals surface area contributed by atoms with Crippen LogP contribution in [0, 0.1) is 0 Å². The third-order valence-electron chi connectivity index (χ3n) is 3.08. The largest absolute Gasteiger partial charge is 0.439 e. The Kier molecular flexibility index (Phi) is 5.48. The van der Waals surface area contributed by atoms with Crippen LogP contribution in [0.5, 0.6) is 0 Å². The fraction of sp³-hybridized carbons (Fsp3) is 0.214. The molecule has 126 valence electrons. The van der Waals surface area contributed by atoms with Gasteiger partial charge < -0.3 is 10.5 Å². The zero-order valence-corrected chi connectivity index (χ0v) is 13.3. The minimum atomic E-state index is -1.05. The summed E-state index contributed by atoms with van der Waals surface area (Å²) < 4.78 is 4.63. The molecule has 2 aromatic rings. The van der Waals surface area contributed by atoms with Gasteiger partial charge in [0.25, 0.3) is 5.91 Å². The number of ether oxygens (including phenoxy) is 1. The number of amides is 2. The van der Waals surface area contributed by atoms with E-state index in [0.717, 1.165) is 0 Å². The van der Waals surface area contributed by atoms with Crippen LogP contribution in [0.2, 0.25) is 5.02 Å². The van der Waals surface area contributed by atoms with Gasteiger partial charge >= 0.3 is 6.09 Å². The van der Waals surface area contributed by atoms with Gasteiger partial charge in [0.15, 0.2) is 11.9 Å². The molecule has 0 fully saturated rings. The molecule has 0 radical (unpaired) electrons. The summed E-state index contributed by atoms with van der Waals surface area (Å²) in [6.07, 6.45) is -1.01. The summed E-state index contributed by atoms with van der Waals surface area (Å²) in [4.78, 5) is 39.0. The van der Waals surface area contributed by atoms with E-state index in [4.69, 9.17) is 17.3 Å². The summed E-state index contributed by atoms with van der Waals surface area (Å²) in [6, 6.07) is 4.71. The number of rotatable bonds is 6. The van der Waals surface area contributed by atoms with Crippen LogP contribution in [0.3, 0.4) is 0 Å². The SMILES string of the molecule is C[C@H](OC(N)=O)C(=O)Cc1cccc(Cl)c1C(=O)Nc1ncn[nH]1. The lowest BCUT2D eigenvalue weighted by Crippen LogP contribution is -2.29. The van der Waals surface area contributed by atoms with Gasteiger partial charge in [-0.25, -0.2) is 9.89 Å². The first-order valence-electron chi connectivity index (χ1n) is 6.81. The quantitative estimate of drug-likeness (QED) is 0.716. The first-order chi connectivity index (χ1) is 11.4. The Morgan fingerprint density at radius 2 is 2.17 bits per heavy atom. The van der Waals surface area contributed by atoms with Crippen molar-refractivity contribution in [2.45, 2.75) is 19.4 Å². The third kappa shape index (κ3) is 4.29. The van der Waals surface area contributed by atoms with E-state index in [0.29, 0.717) is 5.56 Å². The number of nitrogens with zero attached hydrogens (tertiary/aromatic N) is 2. The second-order valence-corrected chi connectivity index (χ2v) is 5.19. The number of H-pyrrole nitrogens is 1. The molecule has 1 atom stereocenters. The van der Waals surface area contributed by atoms with Crippen LogP contribution >= 0.6 is 11.6 Å². The number of primary amides is 1. The molecule has 0 saturated carbocycles. The van der Waals surface area contributed by atoms with Crippen molar-refractivity contribution in [1.29, 1.82) is 0 Å². The molecule has 2 amide bonds. The van der Waals surface area contributed by atoms with E-state index >= 15 is 0 Å². The van der Waals surface area contributed by atoms with E-state index in [1.807, 2.05) is 0 Å². The monoisotopic (exact) mass is 351 g/mol. The minimum Gasteiger partial charge on any atom is -0.439 e. The van der Waals surface area contributed by atoms with Gasteiger partial charge in [0.2, 0.25) is 5.95 Å². The number of halogens is 1. The van der Waals surface area contributed by atoms with Crippen molar-refractivity contribution in [3.05, 3.63) is 40.7 Å². The molecule has 24 heavy (non-hydrogen) atoms. The number of nitrogens with one attached hydrogen (secondary N) is 2. The summed E-state index contributed by atoms with van der Waals surface area (Å²) in [5, 5.41) is 8.75. The van der Waals surface area contributed by atoms with Gasteiger partial charge in [-0.1, -0.05) is 23.7 Å². The molecule has 4 N–H and O–H groups in total. The molecule has 0 aliphatic rings. The molecule has 9 nitrogen and oxygen atoms in total. The van der Waals surface area contributed by atoms with E-state index in [1.54, 1.807) is 12.1 Å². The molecule has 0 aliphatic heterocycles. The summed E-state index contributed by atoms with van der Waals surface area (Å²) in [7, 11) is 0. The molecule has 2 rings (SSSR count). The van der Waals surface area contributed by atoms with Crippen molar-refractivity contribution in [1.82, 2.24) is 15.2 Å². The summed E-state index contributed by atoms with van der Waals surface area (Å²) in [5.74, 6) is -0.837. The van der Waals surface area contributed by atoms with Crippen LogP contribution in [0.15, 0.2) is 24.5 Å². The van der Waals surface area contributed by atoms with Crippen molar-refractivity contribution < 1.29 is 19.1 Å². The molecule has 0 aliphatic carbocycles. The molecule has 0 spiro atoms. The van der Waals surface area contributed by atoms with Gasteiger partial charge in [-0.2, -0.15) is 10.1 Å². The van der Waals surface area contributed by atoms with Gasteiger partial charge in [0.1, 0.15) is 6.33 Å². The maximum atomic E-state index is 12.4. The Balaban J connectivity index is 2.21. The number of Topliss-reactive ketones (excluding diaryl/α,β-unsaturated/α-hetero) is 1. The van der Waals surface area contributed by atoms with Gasteiger partial charge in [-0.15, -0.1) is 0 Å². The average Bonchev–Trinajstić information content (AvgIpc) is 2.99. The van der Waals surface area contributed by atoms with E-state index in [9.17, 15) is 14.4 Å². The second-order valence-electron chi connectivity index (χ2n) is 4.78. The Labute approximate surface area is 141 Å². The van der Waals surface area contributed by atoms with E-state index < -0.39 is 23.9 Å². The third-order valence-corrected chi connectivity index (χ3v) is 3.40. The van der Waals surface area contributed by atoms with E-state index in [-0.39, 0.29) is 23.0 Å². The predicted molar refractivity (Wildman–Crippen MR) is 84.6 cm³/mol. The number of anilines is 1. The lowest BCUT2D eigenvalue weighted by Gasteiger charge is -2.13. The molecule has 0 unspecified atom stereocenters. The van der Waals surface area contributed by atoms with Crippen LogP contribution in [0.1, 0.15) is 22.8 Å². The zero-order chi connectivity index (χ0) is 17.7. The standard InChI is InChI=1S/C14H14ClN5O4/c1-7(24-13(16)23)10(21)5-8-3-2-4-9(15)11(8)12(22)19-14-17-6-18-20-14/h2-4,6-7H,5H2,1H3,(H2,16,23)(H2,17,18,19,20,22)/t7-/m0/s1. The van der Waals surface area contributed by atoms with Crippen LogP contribution < -0.4 is 11.1 Å². The van der Waals surface area contributed by atoms with E-state index in [2.05, 4.69) is 25.2 Å². The van der Waals surface area contributed by atoms with Crippen molar-refractivity contribution in [2.24, 2.45) is 5.73 Å². The molecule has 10 heteroatoms. The molecular formula is C14H14ClN5O4. The summed E-state index contributed by atoms with van der Waals surface area (Å²) in [6.45, 7) is 1.39. The Bertz CT molecular complexity index is 763. The number of aromatic nitrogens is 3. The molecule has 1 aromatic heterocycles. The van der Waals surface area contributed by atoms with Gasteiger partial charge in [-0.3, -0.25) is 14.9 Å². The lowest BCUT2D eigenvalue weighted by molar-refractivity contribution is -0.125. The van der Waals surface area contributed by atoms with Crippen LogP contribution in [0.4, 0.5) is 10.7 Å².